The van der Waals surface area contributed by atoms with Crippen LogP contribution < -0.4 is 21.5 Å². The molecule has 40 heavy (non-hydrogen) atoms. The lowest BCUT2D eigenvalue weighted by molar-refractivity contribution is -0.137. The molecule has 1 amide bonds. The highest BCUT2D eigenvalue weighted by Crippen LogP contribution is 2.34. The monoisotopic (exact) mass is 549 g/mol. The van der Waals surface area contributed by atoms with Crippen LogP contribution in [-0.2, 0) is 13.2 Å². The molecule has 1 fully saturated rings. The van der Waals surface area contributed by atoms with Crippen LogP contribution in [0.25, 0.3) is 22.0 Å². The van der Waals surface area contributed by atoms with Crippen molar-refractivity contribution in [2.24, 2.45) is 12.8 Å². The van der Waals surface area contributed by atoms with Gasteiger partial charge in [0.25, 0.3) is 11.5 Å². The van der Waals surface area contributed by atoms with Gasteiger partial charge in [-0.05, 0) is 80.3 Å². The zero-order valence-electron chi connectivity index (χ0n) is 22.5. The van der Waals surface area contributed by atoms with Gasteiger partial charge in [-0.25, -0.2) is 0 Å². The molecule has 3 heterocycles. The molecule has 3 N–H and O–H groups in total. The summed E-state index contributed by atoms with van der Waals surface area (Å²) in [6, 6.07) is 12.1. The minimum atomic E-state index is -4.61. The van der Waals surface area contributed by atoms with E-state index in [-0.39, 0.29) is 17.2 Å². The van der Waals surface area contributed by atoms with Gasteiger partial charge < -0.3 is 20.5 Å². The standard InChI is InChI=1S/C30H30F3N5O2/c1-17-4-5-23(15-25(17)26-13-20-16-35-18(2)10-27(20)37(3)29(26)40)36-28(39)19-11-21(30(31,32)33)14-24(12-19)38-8-6-22(34)7-9-38/h4-5,10-16,22H,6-9,34H2,1-3H3,(H,36,39). The molecular weight excluding hydrogens is 519 g/mol. The molecule has 0 unspecified atom stereocenters. The van der Waals surface area contributed by atoms with Gasteiger partial charge in [-0.1, -0.05) is 6.07 Å². The highest BCUT2D eigenvalue weighted by Gasteiger charge is 2.33. The maximum absolute atomic E-state index is 13.7. The van der Waals surface area contributed by atoms with Gasteiger partial charge in [0.05, 0.1) is 11.1 Å². The third-order valence-corrected chi connectivity index (χ3v) is 7.44. The predicted octanol–water partition coefficient (Wildman–Crippen LogP) is 5.42. The van der Waals surface area contributed by atoms with Crippen molar-refractivity contribution in [1.82, 2.24) is 9.55 Å². The summed E-state index contributed by atoms with van der Waals surface area (Å²) in [4.78, 5) is 32.7. The first kappa shape index (κ1) is 27.4. The molecule has 5 rings (SSSR count). The Balaban J connectivity index is 1.50. The number of nitrogens with two attached hydrogens (primary N) is 1. The van der Waals surface area contributed by atoms with Crippen LogP contribution in [0.15, 0.2) is 59.5 Å². The molecular formula is C30H30F3N5O2. The summed E-state index contributed by atoms with van der Waals surface area (Å²) in [7, 11) is 1.69. The van der Waals surface area contributed by atoms with Crippen molar-refractivity contribution in [3.05, 3.63) is 87.5 Å². The molecule has 1 aliphatic rings. The summed E-state index contributed by atoms with van der Waals surface area (Å²) in [6.45, 7) is 4.73. The largest absolute Gasteiger partial charge is 0.416 e. The molecule has 0 saturated carbocycles. The van der Waals surface area contributed by atoms with E-state index in [1.165, 1.54) is 6.07 Å². The van der Waals surface area contributed by atoms with Crippen LogP contribution in [0.2, 0.25) is 0 Å². The smallest absolute Gasteiger partial charge is 0.371 e. The summed E-state index contributed by atoms with van der Waals surface area (Å²) in [5, 5.41) is 3.51. The van der Waals surface area contributed by atoms with Crippen LogP contribution in [-0.4, -0.2) is 34.6 Å². The molecule has 0 atom stereocenters. The molecule has 4 aromatic rings. The van der Waals surface area contributed by atoms with Gasteiger partial charge in [0.15, 0.2) is 0 Å². The lowest BCUT2D eigenvalue weighted by Crippen LogP contribution is -2.39. The minimum absolute atomic E-state index is 0.0142. The summed E-state index contributed by atoms with van der Waals surface area (Å²) in [5.74, 6) is -0.679. The second-order valence-corrected chi connectivity index (χ2v) is 10.4. The molecule has 1 saturated heterocycles. The SMILES string of the molecule is Cc1cc2c(cn1)cc(-c1cc(NC(=O)c3cc(N4CCC(N)CC4)cc(C(F)(F)F)c3)ccc1C)c(=O)n2C. The number of hydrogen-bond acceptors (Lipinski definition) is 5. The summed E-state index contributed by atoms with van der Waals surface area (Å²) in [6.07, 6.45) is -1.59. The Kier molecular flexibility index (Phi) is 7.14. The summed E-state index contributed by atoms with van der Waals surface area (Å²) in [5.41, 5.74) is 8.82. The molecule has 0 bridgehead atoms. The van der Waals surface area contributed by atoms with Crippen molar-refractivity contribution in [3.63, 3.8) is 0 Å². The Morgan fingerprint density at radius 2 is 1.75 bits per heavy atom. The highest BCUT2D eigenvalue weighted by atomic mass is 19.4. The number of nitrogens with zero attached hydrogens (tertiary/aromatic N) is 3. The lowest BCUT2D eigenvalue weighted by Gasteiger charge is -2.32. The first-order valence-corrected chi connectivity index (χ1v) is 13.0. The Hall–Kier alpha value is -4.18. The first-order valence-electron chi connectivity index (χ1n) is 13.0. The van der Waals surface area contributed by atoms with Crippen LogP contribution >= 0.6 is 0 Å². The molecule has 0 spiro atoms. The fourth-order valence-electron chi connectivity index (χ4n) is 5.10. The fourth-order valence-corrected chi connectivity index (χ4v) is 5.10. The van der Waals surface area contributed by atoms with E-state index in [1.54, 1.807) is 42.1 Å². The number of rotatable bonds is 4. The van der Waals surface area contributed by atoms with Crippen LogP contribution in [0, 0.1) is 13.8 Å². The van der Waals surface area contributed by atoms with Gasteiger partial charge in [-0.15, -0.1) is 0 Å². The average molecular weight is 550 g/mol. The van der Waals surface area contributed by atoms with Crippen molar-refractivity contribution in [3.8, 4) is 11.1 Å². The predicted molar refractivity (Wildman–Crippen MR) is 151 cm³/mol. The van der Waals surface area contributed by atoms with Crippen LogP contribution in [0.3, 0.4) is 0 Å². The van der Waals surface area contributed by atoms with Gasteiger partial charge >= 0.3 is 6.18 Å². The number of alkyl halides is 3. The molecule has 0 aliphatic carbocycles. The zero-order chi connectivity index (χ0) is 28.8. The van der Waals surface area contributed by atoms with Crippen LogP contribution in [0.4, 0.5) is 24.5 Å². The number of amides is 1. The van der Waals surface area contributed by atoms with Gasteiger partial charge in [0, 0.05) is 66.0 Å². The van der Waals surface area contributed by atoms with Crippen molar-refractivity contribution < 1.29 is 18.0 Å². The molecule has 2 aromatic heterocycles. The summed E-state index contributed by atoms with van der Waals surface area (Å²) >= 11 is 0. The number of carbonyl (C=O) groups excluding carboxylic acids is 1. The van der Waals surface area contributed by atoms with E-state index < -0.39 is 17.6 Å². The minimum Gasteiger partial charge on any atom is -0.371 e. The van der Waals surface area contributed by atoms with Gasteiger partial charge in [-0.2, -0.15) is 13.2 Å². The number of carbonyl (C=O) groups is 1. The molecule has 1 aliphatic heterocycles. The van der Waals surface area contributed by atoms with E-state index in [0.29, 0.717) is 48.4 Å². The normalized spacial score (nSPS) is 14.5. The van der Waals surface area contributed by atoms with Crippen LogP contribution in [0.5, 0.6) is 0 Å². The third kappa shape index (κ3) is 5.44. The fraction of sp³-hybridized carbons (Fsp3) is 0.300. The number of pyridine rings is 2. The molecule has 0 radical (unpaired) electrons. The highest BCUT2D eigenvalue weighted by molar-refractivity contribution is 6.05. The summed E-state index contributed by atoms with van der Waals surface area (Å²) < 4.78 is 42.8. The maximum atomic E-state index is 13.7. The van der Waals surface area contributed by atoms with E-state index in [1.807, 2.05) is 24.8 Å². The Morgan fingerprint density at radius 1 is 1.02 bits per heavy atom. The number of anilines is 2. The number of aromatic nitrogens is 2. The maximum Gasteiger partial charge on any atom is 0.416 e. The number of nitrogens with one attached hydrogen (secondary N) is 1. The molecule has 7 nitrogen and oxygen atoms in total. The Bertz CT molecular complexity index is 1670. The molecule has 208 valence electrons. The number of halogens is 3. The van der Waals surface area contributed by atoms with Crippen molar-refractivity contribution in [2.45, 2.75) is 38.9 Å². The van der Waals surface area contributed by atoms with E-state index >= 15 is 0 Å². The van der Waals surface area contributed by atoms with E-state index in [4.69, 9.17) is 5.73 Å². The lowest BCUT2D eigenvalue weighted by atomic mass is 9.99. The van der Waals surface area contributed by atoms with Crippen molar-refractivity contribution in [1.29, 1.82) is 0 Å². The van der Waals surface area contributed by atoms with E-state index in [9.17, 15) is 22.8 Å². The number of hydrogen-bond donors (Lipinski definition) is 2. The van der Waals surface area contributed by atoms with Gasteiger partial charge in [0.1, 0.15) is 0 Å². The van der Waals surface area contributed by atoms with Crippen LogP contribution in [0.1, 0.15) is 40.0 Å². The van der Waals surface area contributed by atoms with Gasteiger partial charge in [0.2, 0.25) is 0 Å². The third-order valence-electron chi connectivity index (χ3n) is 7.44. The second-order valence-electron chi connectivity index (χ2n) is 10.4. The Labute approximate surface area is 229 Å². The topological polar surface area (TPSA) is 93.2 Å². The second kappa shape index (κ2) is 10.4. The van der Waals surface area contributed by atoms with Crippen molar-refractivity contribution >= 4 is 28.2 Å². The average Bonchev–Trinajstić information content (AvgIpc) is 2.92. The number of aryl methyl sites for hydroxylation is 3. The number of benzene rings is 2. The quantitative estimate of drug-likeness (QED) is 0.355. The number of fused-ring (bicyclic) bond motifs is 1. The Morgan fingerprint density at radius 3 is 2.45 bits per heavy atom. The van der Waals surface area contributed by atoms with Crippen molar-refractivity contribution in [2.75, 3.05) is 23.3 Å². The van der Waals surface area contributed by atoms with E-state index in [0.717, 1.165) is 34.3 Å². The van der Waals surface area contributed by atoms with Gasteiger partial charge in [-0.3, -0.25) is 14.6 Å². The van der Waals surface area contributed by atoms with E-state index in [2.05, 4.69) is 10.3 Å². The molecule has 10 heteroatoms. The first-order chi connectivity index (χ1) is 18.9. The zero-order valence-corrected chi connectivity index (χ0v) is 22.5. The number of piperidine rings is 1. The molecule has 2 aromatic carbocycles.